The molecule has 2 aromatic carbocycles. The van der Waals surface area contributed by atoms with Crippen LogP contribution in [-0.4, -0.2) is 34.6 Å². The molecular weight excluding hydrogens is 340 g/mol. The molecule has 1 amide bonds. The van der Waals surface area contributed by atoms with Gasteiger partial charge >= 0.3 is 0 Å². The predicted octanol–water partition coefficient (Wildman–Crippen LogP) is 3.73. The molecule has 0 aliphatic rings. The normalized spacial score (nSPS) is 11.0. The monoisotopic (exact) mass is 364 g/mol. The summed E-state index contributed by atoms with van der Waals surface area (Å²) in [5.41, 5.74) is 5.07. The molecule has 0 fully saturated rings. The molecule has 27 heavy (non-hydrogen) atoms. The van der Waals surface area contributed by atoms with Gasteiger partial charge in [-0.25, -0.2) is 0 Å². The van der Waals surface area contributed by atoms with Gasteiger partial charge in [0.25, 0.3) is 0 Å². The van der Waals surface area contributed by atoms with E-state index < -0.39 is 0 Å². The van der Waals surface area contributed by atoms with Gasteiger partial charge in [0.15, 0.2) is 0 Å². The first-order valence-electron chi connectivity index (χ1n) is 8.86. The minimum absolute atomic E-state index is 0.0737. The first-order chi connectivity index (χ1) is 12.9. The van der Waals surface area contributed by atoms with Crippen LogP contribution >= 0.6 is 0 Å². The molecule has 0 radical (unpaired) electrons. The summed E-state index contributed by atoms with van der Waals surface area (Å²) in [6, 6.07) is 13.7. The second-order valence-corrected chi connectivity index (χ2v) is 6.86. The number of likely N-dealkylation sites (N-methyl/N-ethyl adjacent to an activating group) is 1. The van der Waals surface area contributed by atoms with Gasteiger partial charge in [0, 0.05) is 11.3 Å². The number of hydrogen-bond acceptors (Lipinski definition) is 5. The molecule has 1 N–H and O–H groups in total. The number of hydrogen-bond donors (Lipinski definition) is 1. The summed E-state index contributed by atoms with van der Waals surface area (Å²) in [7, 11) is 1.85. The highest BCUT2D eigenvalue weighted by atomic mass is 16.4. The summed E-state index contributed by atoms with van der Waals surface area (Å²) in [5.74, 6) is 0.886. The Morgan fingerprint density at radius 1 is 1.07 bits per heavy atom. The zero-order valence-corrected chi connectivity index (χ0v) is 16.1. The van der Waals surface area contributed by atoms with Gasteiger partial charge in [0.2, 0.25) is 17.7 Å². The van der Waals surface area contributed by atoms with E-state index in [0.717, 1.165) is 22.4 Å². The highest BCUT2D eigenvalue weighted by molar-refractivity contribution is 5.93. The molecule has 1 heterocycles. The summed E-state index contributed by atoms with van der Waals surface area (Å²) < 4.78 is 5.70. The number of nitrogens with one attached hydrogen (secondary N) is 1. The van der Waals surface area contributed by atoms with Gasteiger partial charge in [0.05, 0.1) is 13.1 Å². The van der Waals surface area contributed by atoms with Crippen LogP contribution in [0.1, 0.15) is 22.6 Å². The van der Waals surface area contributed by atoms with Crippen molar-refractivity contribution in [1.29, 1.82) is 0 Å². The molecular formula is C21H24N4O2. The Morgan fingerprint density at radius 3 is 2.41 bits per heavy atom. The Labute approximate surface area is 159 Å². The molecule has 3 rings (SSSR count). The maximum absolute atomic E-state index is 12.4. The van der Waals surface area contributed by atoms with Gasteiger partial charge in [-0.2, -0.15) is 0 Å². The maximum atomic E-state index is 12.4. The number of anilines is 1. The summed E-state index contributed by atoms with van der Waals surface area (Å²) in [4.78, 5) is 14.3. The molecule has 3 aromatic rings. The van der Waals surface area contributed by atoms with Crippen molar-refractivity contribution in [3.05, 3.63) is 65.0 Å². The van der Waals surface area contributed by atoms with Gasteiger partial charge in [-0.05, 0) is 51.1 Å². The number of carbonyl (C=O) groups excluding carboxylic acids is 1. The second-order valence-electron chi connectivity index (χ2n) is 6.86. The Balaban J connectivity index is 1.59. The lowest BCUT2D eigenvalue weighted by molar-refractivity contribution is -0.117. The minimum atomic E-state index is -0.0737. The van der Waals surface area contributed by atoms with Crippen molar-refractivity contribution in [2.45, 2.75) is 27.3 Å². The second kappa shape index (κ2) is 8.14. The first kappa shape index (κ1) is 18.8. The molecule has 0 aliphatic heterocycles. The standard InChI is InChI=1S/C21H24N4O2/c1-14-10-15(2)20(16(3)11-14)22-18(26)12-25(4)13-19-23-24-21(27-19)17-8-6-5-7-9-17/h5-11H,12-13H2,1-4H3,(H,22,26). The molecule has 0 unspecified atom stereocenters. The van der Waals surface area contributed by atoms with E-state index in [2.05, 4.69) is 27.6 Å². The zero-order valence-electron chi connectivity index (χ0n) is 16.1. The third kappa shape index (κ3) is 4.80. The number of rotatable bonds is 6. The van der Waals surface area contributed by atoms with Crippen molar-refractivity contribution in [1.82, 2.24) is 15.1 Å². The van der Waals surface area contributed by atoms with Gasteiger partial charge < -0.3 is 9.73 Å². The van der Waals surface area contributed by atoms with E-state index >= 15 is 0 Å². The topological polar surface area (TPSA) is 71.3 Å². The zero-order chi connectivity index (χ0) is 19.4. The summed E-state index contributed by atoms with van der Waals surface area (Å²) in [5, 5.41) is 11.2. The maximum Gasteiger partial charge on any atom is 0.247 e. The van der Waals surface area contributed by atoms with Crippen LogP contribution in [0, 0.1) is 20.8 Å². The fraction of sp³-hybridized carbons (Fsp3) is 0.286. The van der Waals surface area contributed by atoms with Gasteiger partial charge in [-0.15, -0.1) is 10.2 Å². The lowest BCUT2D eigenvalue weighted by Gasteiger charge is -2.16. The average Bonchev–Trinajstić information content (AvgIpc) is 3.07. The molecule has 0 saturated carbocycles. The lowest BCUT2D eigenvalue weighted by atomic mass is 10.1. The Hall–Kier alpha value is -2.99. The minimum Gasteiger partial charge on any atom is -0.419 e. The predicted molar refractivity (Wildman–Crippen MR) is 105 cm³/mol. The number of benzene rings is 2. The Morgan fingerprint density at radius 2 is 1.74 bits per heavy atom. The van der Waals surface area contributed by atoms with Crippen molar-refractivity contribution in [3.8, 4) is 11.5 Å². The quantitative estimate of drug-likeness (QED) is 0.721. The largest absolute Gasteiger partial charge is 0.419 e. The van der Waals surface area contributed by atoms with Crippen LogP contribution in [-0.2, 0) is 11.3 Å². The van der Waals surface area contributed by atoms with Crippen LogP contribution in [0.5, 0.6) is 0 Å². The third-order valence-corrected chi connectivity index (χ3v) is 4.25. The lowest BCUT2D eigenvalue weighted by Crippen LogP contribution is -2.30. The molecule has 0 atom stereocenters. The fourth-order valence-electron chi connectivity index (χ4n) is 3.10. The van der Waals surface area contributed by atoms with E-state index in [1.165, 1.54) is 5.56 Å². The Kier molecular flexibility index (Phi) is 5.66. The van der Waals surface area contributed by atoms with E-state index in [4.69, 9.17) is 4.42 Å². The molecule has 0 bridgehead atoms. The molecule has 6 heteroatoms. The average molecular weight is 364 g/mol. The fourth-order valence-corrected chi connectivity index (χ4v) is 3.10. The molecule has 1 aromatic heterocycles. The first-order valence-corrected chi connectivity index (χ1v) is 8.86. The molecule has 6 nitrogen and oxygen atoms in total. The van der Waals surface area contributed by atoms with Crippen molar-refractivity contribution >= 4 is 11.6 Å². The summed E-state index contributed by atoms with van der Waals surface area (Å²) in [6.45, 7) is 6.69. The third-order valence-electron chi connectivity index (χ3n) is 4.25. The van der Waals surface area contributed by atoms with Crippen molar-refractivity contribution < 1.29 is 9.21 Å². The van der Waals surface area contributed by atoms with E-state index in [-0.39, 0.29) is 12.5 Å². The highest BCUT2D eigenvalue weighted by Gasteiger charge is 2.14. The van der Waals surface area contributed by atoms with E-state index in [1.54, 1.807) is 0 Å². The SMILES string of the molecule is Cc1cc(C)c(NC(=O)CN(C)Cc2nnc(-c3ccccc3)o2)c(C)c1. The number of carbonyl (C=O) groups is 1. The van der Waals surface area contributed by atoms with Crippen molar-refractivity contribution in [2.75, 3.05) is 18.9 Å². The van der Waals surface area contributed by atoms with E-state index in [0.29, 0.717) is 18.3 Å². The number of nitrogens with zero attached hydrogens (tertiary/aromatic N) is 3. The van der Waals surface area contributed by atoms with Crippen LogP contribution < -0.4 is 5.32 Å². The molecule has 140 valence electrons. The van der Waals surface area contributed by atoms with Crippen molar-refractivity contribution in [3.63, 3.8) is 0 Å². The van der Waals surface area contributed by atoms with Gasteiger partial charge in [0.1, 0.15) is 0 Å². The molecule has 0 saturated heterocycles. The number of aryl methyl sites for hydroxylation is 3. The van der Waals surface area contributed by atoms with Crippen molar-refractivity contribution in [2.24, 2.45) is 0 Å². The van der Waals surface area contributed by atoms with Crippen LogP contribution in [0.2, 0.25) is 0 Å². The van der Waals surface area contributed by atoms with Crippen LogP contribution in [0.15, 0.2) is 46.9 Å². The summed E-state index contributed by atoms with van der Waals surface area (Å²) in [6.07, 6.45) is 0. The molecule has 0 aliphatic carbocycles. The van der Waals surface area contributed by atoms with E-state index in [9.17, 15) is 4.79 Å². The number of aromatic nitrogens is 2. The van der Waals surface area contributed by atoms with Crippen LogP contribution in [0.3, 0.4) is 0 Å². The highest BCUT2D eigenvalue weighted by Crippen LogP contribution is 2.22. The van der Waals surface area contributed by atoms with Gasteiger partial charge in [-0.3, -0.25) is 9.69 Å². The van der Waals surface area contributed by atoms with E-state index in [1.807, 2.05) is 63.1 Å². The molecule has 0 spiro atoms. The number of amides is 1. The summed E-state index contributed by atoms with van der Waals surface area (Å²) >= 11 is 0. The Bertz CT molecular complexity index is 911. The van der Waals surface area contributed by atoms with Gasteiger partial charge in [-0.1, -0.05) is 35.9 Å². The van der Waals surface area contributed by atoms with Crippen LogP contribution in [0.25, 0.3) is 11.5 Å². The van der Waals surface area contributed by atoms with Crippen LogP contribution in [0.4, 0.5) is 5.69 Å². The smallest absolute Gasteiger partial charge is 0.247 e.